The maximum atomic E-state index is 12.7. The first kappa shape index (κ1) is 42.9. The van der Waals surface area contributed by atoms with Crippen LogP contribution in [0.2, 0.25) is 18.1 Å². The van der Waals surface area contributed by atoms with E-state index in [1.54, 1.807) is 0 Å². The van der Waals surface area contributed by atoms with Gasteiger partial charge < -0.3 is 40.1 Å². The SMILES string of the molecule is B[C@@H]1O[C@H](COC(=O)NCCCCCCNC(=O)CCCCCNC(=O)OC2Cc3ccccc3C#Cc3ccccc32)C(O)[C@@H]1CC(C)(C)[Si](C)(C)O. The van der Waals surface area contributed by atoms with Crippen LogP contribution in [0.1, 0.15) is 100.0 Å². The summed E-state index contributed by atoms with van der Waals surface area (Å²) < 4.78 is 17.1. The molecule has 54 heavy (non-hydrogen) atoms. The third-order valence-corrected chi connectivity index (χ3v) is 14.5. The lowest BCUT2D eigenvalue weighted by atomic mass is 9.79. The molecule has 5 N–H and O–H groups in total. The zero-order chi connectivity index (χ0) is 39.1. The highest BCUT2D eigenvalue weighted by molar-refractivity contribution is 6.72. The first-order chi connectivity index (χ1) is 25.7. The van der Waals surface area contributed by atoms with Crippen LogP contribution < -0.4 is 16.0 Å². The summed E-state index contributed by atoms with van der Waals surface area (Å²) >= 11 is 0. The lowest BCUT2D eigenvalue weighted by Crippen LogP contribution is -2.43. The Hall–Kier alpha value is -3.83. The third-order valence-electron chi connectivity index (χ3n) is 10.9. The topological polar surface area (TPSA) is 155 Å². The van der Waals surface area contributed by atoms with Crippen molar-refractivity contribution in [2.45, 2.75) is 121 Å². The maximum absolute atomic E-state index is 12.7. The molecule has 1 heterocycles. The first-order valence-corrected chi connectivity index (χ1v) is 22.6. The minimum atomic E-state index is -2.43. The van der Waals surface area contributed by atoms with E-state index in [2.05, 4.69) is 27.8 Å². The number of benzene rings is 2. The number of ether oxygens (including phenoxy) is 3. The van der Waals surface area contributed by atoms with Crippen LogP contribution in [0.15, 0.2) is 48.5 Å². The fourth-order valence-electron chi connectivity index (χ4n) is 6.80. The highest BCUT2D eigenvalue weighted by Crippen LogP contribution is 2.45. The van der Waals surface area contributed by atoms with Gasteiger partial charge in [-0.25, -0.2) is 9.59 Å². The van der Waals surface area contributed by atoms with E-state index in [1.807, 2.05) is 83.3 Å². The zero-order valence-electron chi connectivity index (χ0n) is 32.7. The Bertz CT molecular complexity index is 1610. The predicted molar refractivity (Wildman–Crippen MR) is 214 cm³/mol. The van der Waals surface area contributed by atoms with Gasteiger partial charge in [-0.3, -0.25) is 4.79 Å². The van der Waals surface area contributed by atoms with E-state index in [0.29, 0.717) is 38.9 Å². The molecule has 0 aromatic heterocycles. The highest BCUT2D eigenvalue weighted by Gasteiger charge is 2.48. The van der Waals surface area contributed by atoms with Gasteiger partial charge in [-0.15, -0.1) is 0 Å². The minimum absolute atomic E-state index is 0.0254. The largest absolute Gasteiger partial charge is 0.447 e. The van der Waals surface area contributed by atoms with Crippen molar-refractivity contribution in [3.63, 3.8) is 0 Å². The number of unbranched alkanes of at least 4 members (excludes halogenated alkanes) is 5. The molecule has 2 unspecified atom stereocenters. The number of rotatable bonds is 19. The number of hydrogen-bond donors (Lipinski definition) is 5. The highest BCUT2D eigenvalue weighted by atomic mass is 28.4. The maximum Gasteiger partial charge on any atom is 0.407 e. The number of aliphatic hydroxyl groups is 1. The van der Waals surface area contributed by atoms with Gasteiger partial charge in [0.1, 0.15) is 26.7 Å². The monoisotopic (exact) mass is 761 g/mol. The van der Waals surface area contributed by atoms with Gasteiger partial charge >= 0.3 is 12.2 Å². The van der Waals surface area contributed by atoms with Crippen molar-refractivity contribution in [2.24, 2.45) is 5.92 Å². The second-order valence-corrected chi connectivity index (χ2v) is 20.3. The molecule has 5 atom stereocenters. The molecule has 2 aliphatic rings. The van der Waals surface area contributed by atoms with Crippen LogP contribution in [0.5, 0.6) is 0 Å². The number of carbonyl (C=O) groups excluding carboxylic acids is 3. The Labute approximate surface area is 323 Å². The van der Waals surface area contributed by atoms with Crippen molar-refractivity contribution < 1.29 is 38.5 Å². The van der Waals surface area contributed by atoms with Crippen LogP contribution in [0, 0.1) is 17.8 Å². The molecule has 0 saturated carbocycles. The van der Waals surface area contributed by atoms with Crippen LogP contribution in [-0.2, 0) is 25.4 Å². The van der Waals surface area contributed by atoms with Crippen molar-refractivity contribution in [1.29, 1.82) is 0 Å². The summed E-state index contributed by atoms with van der Waals surface area (Å²) in [5.74, 6) is 6.36. The Kier molecular flexibility index (Phi) is 16.5. The lowest BCUT2D eigenvalue weighted by molar-refractivity contribution is -0.121. The molecule has 3 amide bonds. The lowest BCUT2D eigenvalue weighted by Gasteiger charge is -2.38. The van der Waals surface area contributed by atoms with Crippen LogP contribution in [0.3, 0.4) is 0 Å². The molecule has 294 valence electrons. The molecule has 11 nitrogen and oxygen atoms in total. The van der Waals surface area contributed by atoms with E-state index in [0.717, 1.165) is 67.2 Å². The summed E-state index contributed by atoms with van der Waals surface area (Å²) in [5.41, 5.74) is 3.75. The van der Waals surface area contributed by atoms with Crippen molar-refractivity contribution >= 4 is 34.3 Å². The van der Waals surface area contributed by atoms with E-state index in [-0.39, 0.29) is 29.5 Å². The van der Waals surface area contributed by atoms with Crippen LogP contribution >= 0.6 is 0 Å². The number of nitrogens with one attached hydrogen (secondary N) is 3. The fraction of sp³-hybridized carbons (Fsp3) is 0.585. The number of amides is 3. The van der Waals surface area contributed by atoms with E-state index < -0.39 is 38.8 Å². The molecule has 2 aromatic carbocycles. The summed E-state index contributed by atoms with van der Waals surface area (Å²) in [7, 11) is -0.514. The second-order valence-electron chi connectivity index (χ2n) is 15.8. The predicted octanol–water partition coefficient (Wildman–Crippen LogP) is 5.08. The zero-order valence-corrected chi connectivity index (χ0v) is 33.7. The average molecular weight is 762 g/mol. The average Bonchev–Trinajstić information content (AvgIpc) is 3.38. The molecule has 0 radical (unpaired) electrons. The van der Waals surface area contributed by atoms with Gasteiger partial charge in [-0.1, -0.05) is 81.3 Å². The summed E-state index contributed by atoms with van der Waals surface area (Å²) in [6.07, 6.45) is 4.63. The molecular formula is C41H60BN3O8Si. The van der Waals surface area contributed by atoms with Crippen molar-refractivity contribution in [2.75, 3.05) is 26.2 Å². The first-order valence-electron chi connectivity index (χ1n) is 19.6. The van der Waals surface area contributed by atoms with Gasteiger partial charge in [-0.05, 0) is 67.9 Å². The molecule has 2 aromatic rings. The van der Waals surface area contributed by atoms with Gasteiger partial charge in [0.25, 0.3) is 0 Å². The molecule has 0 bridgehead atoms. The van der Waals surface area contributed by atoms with Crippen molar-refractivity contribution in [3.05, 3.63) is 70.8 Å². The standard InChI is InChI=1S/C41H60BN3O8Si/c1-41(2,54(3,4)50)27-33-37(47)35(52-38(33)42)28-51-39(48)44-24-14-6-5-13-23-43-36(46)20-8-7-15-25-45-40(49)53-34-26-31-18-10-9-16-29(31)21-22-30-17-11-12-19-32(30)34/h9-12,16-19,33-35,37-38,47,50H,5-8,13-15,20,23-28,42H2,1-4H3,(H,43,46)(H,44,48)(H,45,49)/t33-,34?,35+,37?,38+/m0/s1. The fourth-order valence-corrected chi connectivity index (χ4v) is 7.54. The van der Waals surface area contributed by atoms with E-state index >= 15 is 0 Å². The molecule has 1 saturated heterocycles. The molecule has 13 heteroatoms. The second kappa shape index (κ2) is 20.7. The quantitative estimate of drug-likeness (QED) is 0.0755. The van der Waals surface area contributed by atoms with Crippen molar-refractivity contribution in [1.82, 2.24) is 16.0 Å². The van der Waals surface area contributed by atoms with E-state index in [1.165, 1.54) is 0 Å². The minimum Gasteiger partial charge on any atom is -0.447 e. The third kappa shape index (κ3) is 13.2. The number of alkyl carbamates (subject to hydrolysis) is 2. The summed E-state index contributed by atoms with van der Waals surface area (Å²) in [6, 6.07) is 15.5. The number of hydrogen-bond acceptors (Lipinski definition) is 8. The smallest absolute Gasteiger partial charge is 0.407 e. The molecule has 1 aliphatic carbocycles. The van der Waals surface area contributed by atoms with Gasteiger partial charge in [0.05, 0.1) is 6.10 Å². The van der Waals surface area contributed by atoms with Gasteiger partial charge in [0.2, 0.25) is 5.91 Å². The Morgan fingerprint density at radius 2 is 1.46 bits per heavy atom. The van der Waals surface area contributed by atoms with E-state index in [4.69, 9.17) is 14.2 Å². The Morgan fingerprint density at radius 1 is 0.870 bits per heavy atom. The van der Waals surface area contributed by atoms with Crippen molar-refractivity contribution in [3.8, 4) is 11.8 Å². The number of carbonyl (C=O) groups is 3. The van der Waals surface area contributed by atoms with Gasteiger partial charge in [-0.2, -0.15) is 0 Å². The molecular weight excluding hydrogens is 701 g/mol. The van der Waals surface area contributed by atoms with Crippen LogP contribution in [0.4, 0.5) is 9.59 Å². The van der Waals surface area contributed by atoms with Gasteiger partial charge in [0, 0.05) is 61.1 Å². The van der Waals surface area contributed by atoms with E-state index in [9.17, 15) is 24.3 Å². The summed E-state index contributed by atoms with van der Waals surface area (Å²) in [5, 5.41) is 19.2. The van der Waals surface area contributed by atoms with Crippen LogP contribution in [0.25, 0.3) is 0 Å². The Morgan fingerprint density at radius 3 is 2.17 bits per heavy atom. The Balaban J connectivity index is 0.980. The molecule has 4 rings (SSSR count). The number of fused-ring (bicyclic) bond motifs is 2. The summed E-state index contributed by atoms with van der Waals surface area (Å²) in [4.78, 5) is 47.8. The van der Waals surface area contributed by atoms with Gasteiger partial charge in [0.15, 0.2) is 8.32 Å². The number of aliphatic hydroxyl groups excluding tert-OH is 1. The molecule has 0 spiro atoms. The summed E-state index contributed by atoms with van der Waals surface area (Å²) in [6.45, 7) is 9.43. The van der Waals surface area contributed by atoms with Crippen LogP contribution in [-0.4, -0.2) is 88.6 Å². The molecule has 1 fully saturated rings. The molecule has 1 aliphatic heterocycles. The normalized spacial score (nSPS) is 20.6.